The molecular weight excluding hydrogens is 460 g/mol. The number of anilines is 1. The van der Waals surface area contributed by atoms with Crippen LogP contribution in [0.15, 0.2) is 103 Å². The Labute approximate surface area is 218 Å². The molecule has 37 heavy (non-hydrogen) atoms. The van der Waals surface area contributed by atoms with Crippen LogP contribution in [0.4, 0.5) is 10.5 Å². The molecule has 5 nitrogen and oxygen atoms in total. The highest BCUT2D eigenvalue weighted by atomic mass is 16.5. The van der Waals surface area contributed by atoms with Crippen LogP contribution in [0.3, 0.4) is 0 Å². The van der Waals surface area contributed by atoms with E-state index in [0.717, 1.165) is 36.1 Å². The van der Waals surface area contributed by atoms with Crippen molar-refractivity contribution in [1.29, 1.82) is 0 Å². The van der Waals surface area contributed by atoms with E-state index in [1.807, 2.05) is 65.6 Å². The molecule has 1 aliphatic rings. The predicted octanol–water partition coefficient (Wildman–Crippen LogP) is 7.39. The minimum Gasteiger partial charge on any atom is -0.497 e. The standard InChI is InChI=1S/C32H32N2O3/c1-36-28-16-9-15-27(21-28)33-32(35)34(31-19-8-14-26-13-5-6-18-30(26)31)22-25-12-7-17-29(20-25)37-23-24-10-3-2-4-11-24/h2-7,9-13,15-18,20-21,31H,8,14,19,22-23H2,1H3,(H,33,35). The molecule has 0 fully saturated rings. The van der Waals surface area contributed by atoms with Gasteiger partial charge >= 0.3 is 6.03 Å². The summed E-state index contributed by atoms with van der Waals surface area (Å²) < 4.78 is 11.4. The molecule has 2 amide bonds. The highest BCUT2D eigenvalue weighted by molar-refractivity contribution is 5.90. The maximum absolute atomic E-state index is 13.8. The lowest BCUT2D eigenvalue weighted by atomic mass is 9.86. The molecule has 0 aliphatic heterocycles. The first-order chi connectivity index (χ1) is 18.2. The maximum Gasteiger partial charge on any atom is 0.322 e. The minimum absolute atomic E-state index is 0.00977. The number of nitrogens with zero attached hydrogens (tertiary/aromatic N) is 1. The number of carbonyl (C=O) groups excluding carboxylic acids is 1. The van der Waals surface area contributed by atoms with Gasteiger partial charge in [-0.3, -0.25) is 0 Å². The number of carbonyl (C=O) groups is 1. The molecule has 5 heteroatoms. The fourth-order valence-corrected chi connectivity index (χ4v) is 4.94. The highest BCUT2D eigenvalue weighted by Gasteiger charge is 2.29. The third-order valence-corrected chi connectivity index (χ3v) is 6.80. The molecule has 0 heterocycles. The lowest BCUT2D eigenvalue weighted by Gasteiger charge is -2.36. The Kier molecular flexibility index (Phi) is 7.70. The van der Waals surface area contributed by atoms with Gasteiger partial charge in [0.2, 0.25) is 0 Å². The van der Waals surface area contributed by atoms with Crippen molar-refractivity contribution < 1.29 is 14.3 Å². The quantitative estimate of drug-likeness (QED) is 0.279. The second-order valence-corrected chi connectivity index (χ2v) is 9.32. The summed E-state index contributed by atoms with van der Waals surface area (Å²) in [5, 5.41) is 3.10. The molecule has 4 aromatic rings. The van der Waals surface area contributed by atoms with Gasteiger partial charge in [-0.05, 0) is 65.8 Å². The molecule has 1 unspecified atom stereocenters. The van der Waals surface area contributed by atoms with Gasteiger partial charge < -0.3 is 19.7 Å². The van der Waals surface area contributed by atoms with Crippen LogP contribution in [0, 0.1) is 0 Å². The zero-order valence-electron chi connectivity index (χ0n) is 21.1. The summed E-state index contributed by atoms with van der Waals surface area (Å²) in [5.41, 5.74) is 5.39. The first kappa shape index (κ1) is 24.4. The summed E-state index contributed by atoms with van der Waals surface area (Å²) in [5.74, 6) is 1.49. The van der Waals surface area contributed by atoms with Crippen LogP contribution in [0.5, 0.6) is 11.5 Å². The Morgan fingerprint density at radius 3 is 2.49 bits per heavy atom. The van der Waals surface area contributed by atoms with Gasteiger partial charge in [-0.15, -0.1) is 0 Å². The number of methoxy groups -OCH3 is 1. The molecular formula is C32H32N2O3. The summed E-state index contributed by atoms with van der Waals surface area (Å²) in [4.78, 5) is 15.7. The molecule has 0 aromatic heterocycles. The van der Waals surface area contributed by atoms with Crippen LogP contribution in [0.2, 0.25) is 0 Å². The van der Waals surface area contributed by atoms with Gasteiger partial charge in [-0.1, -0.05) is 72.8 Å². The highest BCUT2D eigenvalue weighted by Crippen LogP contribution is 2.36. The average Bonchev–Trinajstić information content (AvgIpc) is 2.95. The van der Waals surface area contributed by atoms with Gasteiger partial charge in [0.15, 0.2) is 0 Å². The van der Waals surface area contributed by atoms with Crippen molar-refractivity contribution in [2.45, 2.75) is 38.5 Å². The molecule has 0 saturated carbocycles. The fraction of sp³-hybridized carbons (Fsp3) is 0.219. The molecule has 4 aromatic carbocycles. The SMILES string of the molecule is COc1cccc(NC(=O)N(Cc2cccc(OCc3ccccc3)c2)C2CCCc3ccccc32)c1. The first-order valence-corrected chi connectivity index (χ1v) is 12.7. The number of urea groups is 1. The van der Waals surface area contributed by atoms with E-state index >= 15 is 0 Å². The topological polar surface area (TPSA) is 50.8 Å². The molecule has 0 spiro atoms. The minimum atomic E-state index is -0.134. The molecule has 0 bridgehead atoms. The Balaban J connectivity index is 1.40. The largest absolute Gasteiger partial charge is 0.497 e. The van der Waals surface area contributed by atoms with Gasteiger partial charge in [0.05, 0.1) is 13.2 Å². The summed E-state index contributed by atoms with van der Waals surface area (Å²) in [7, 11) is 1.62. The number of benzene rings is 4. The van der Waals surface area contributed by atoms with E-state index in [1.54, 1.807) is 7.11 Å². The summed E-state index contributed by atoms with van der Waals surface area (Å²) >= 11 is 0. The molecule has 1 N–H and O–H groups in total. The Bertz CT molecular complexity index is 1340. The van der Waals surface area contributed by atoms with E-state index in [0.29, 0.717) is 24.6 Å². The molecule has 0 saturated heterocycles. The van der Waals surface area contributed by atoms with Gasteiger partial charge in [0.25, 0.3) is 0 Å². The zero-order chi connectivity index (χ0) is 25.5. The number of hydrogen-bond acceptors (Lipinski definition) is 3. The fourth-order valence-electron chi connectivity index (χ4n) is 4.94. The average molecular weight is 493 g/mol. The number of rotatable bonds is 8. The van der Waals surface area contributed by atoms with E-state index in [9.17, 15) is 4.79 Å². The van der Waals surface area contributed by atoms with Crippen molar-refractivity contribution in [3.8, 4) is 11.5 Å². The number of fused-ring (bicyclic) bond motifs is 1. The van der Waals surface area contributed by atoms with Crippen LogP contribution in [-0.4, -0.2) is 18.0 Å². The Hall–Kier alpha value is -4.25. The van der Waals surface area contributed by atoms with Gasteiger partial charge in [-0.25, -0.2) is 4.79 Å². The number of nitrogens with one attached hydrogen (secondary N) is 1. The molecule has 188 valence electrons. The number of amides is 2. The van der Waals surface area contributed by atoms with Gasteiger partial charge in [0.1, 0.15) is 18.1 Å². The summed E-state index contributed by atoms with van der Waals surface area (Å²) in [6.45, 7) is 0.970. The Morgan fingerprint density at radius 2 is 1.62 bits per heavy atom. The van der Waals surface area contributed by atoms with E-state index < -0.39 is 0 Å². The van der Waals surface area contributed by atoms with Crippen LogP contribution < -0.4 is 14.8 Å². The lowest BCUT2D eigenvalue weighted by Crippen LogP contribution is -2.39. The van der Waals surface area contributed by atoms with E-state index in [2.05, 4.69) is 47.8 Å². The van der Waals surface area contributed by atoms with E-state index in [1.165, 1.54) is 11.1 Å². The van der Waals surface area contributed by atoms with Crippen LogP contribution >= 0.6 is 0 Å². The number of ether oxygens (including phenoxy) is 2. The van der Waals surface area contributed by atoms with Crippen molar-refractivity contribution in [2.24, 2.45) is 0 Å². The predicted molar refractivity (Wildman–Crippen MR) is 147 cm³/mol. The molecule has 5 rings (SSSR count). The first-order valence-electron chi connectivity index (χ1n) is 12.7. The van der Waals surface area contributed by atoms with Crippen molar-refractivity contribution in [1.82, 2.24) is 4.90 Å². The number of aryl methyl sites for hydroxylation is 1. The summed E-state index contributed by atoms with van der Waals surface area (Å²) in [6, 6.07) is 33.9. The van der Waals surface area contributed by atoms with Crippen LogP contribution in [-0.2, 0) is 19.6 Å². The second kappa shape index (κ2) is 11.7. The third kappa shape index (κ3) is 6.12. The van der Waals surface area contributed by atoms with Gasteiger partial charge in [-0.2, -0.15) is 0 Å². The zero-order valence-corrected chi connectivity index (χ0v) is 21.1. The lowest BCUT2D eigenvalue weighted by molar-refractivity contribution is 0.175. The smallest absolute Gasteiger partial charge is 0.322 e. The van der Waals surface area contributed by atoms with Crippen molar-refractivity contribution in [3.63, 3.8) is 0 Å². The van der Waals surface area contributed by atoms with Crippen LogP contribution in [0.25, 0.3) is 0 Å². The molecule has 1 aliphatic carbocycles. The molecule has 1 atom stereocenters. The normalized spacial score (nSPS) is 14.4. The van der Waals surface area contributed by atoms with E-state index in [-0.39, 0.29) is 12.1 Å². The summed E-state index contributed by atoms with van der Waals surface area (Å²) in [6.07, 6.45) is 3.01. The van der Waals surface area contributed by atoms with Crippen LogP contribution in [0.1, 0.15) is 41.1 Å². The van der Waals surface area contributed by atoms with Crippen molar-refractivity contribution in [2.75, 3.05) is 12.4 Å². The second-order valence-electron chi connectivity index (χ2n) is 9.32. The van der Waals surface area contributed by atoms with Gasteiger partial charge in [0, 0.05) is 18.3 Å². The number of hydrogen-bond donors (Lipinski definition) is 1. The molecule has 0 radical (unpaired) electrons. The monoisotopic (exact) mass is 492 g/mol. The third-order valence-electron chi connectivity index (χ3n) is 6.80. The van der Waals surface area contributed by atoms with E-state index in [4.69, 9.17) is 9.47 Å². The Morgan fingerprint density at radius 1 is 0.865 bits per heavy atom. The van der Waals surface area contributed by atoms with Crippen molar-refractivity contribution >= 4 is 11.7 Å². The maximum atomic E-state index is 13.8. The van der Waals surface area contributed by atoms with Crippen molar-refractivity contribution in [3.05, 3.63) is 125 Å².